The van der Waals surface area contributed by atoms with Gasteiger partial charge in [-0.2, -0.15) is 13.2 Å². The molecule has 0 aliphatic heterocycles. The van der Waals surface area contributed by atoms with Gasteiger partial charge >= 0.3 is 6.18 Å². The molecule has 0 saturated carbocycles. The zero-order valence-corrected chi connectivity index (χ0v) is 17.7. The molecule has 4 nitrogen and oxygen atoms in total. The van der Waals surface area contributed by atoms with Crippen molar-refractivity contribution >= 4 is 17.5 Å². The van der Waals surface area contributed by atoms with Crippen LogP contribution in [0, 0.1) is 0 Å². The molecule has 0 saturated heterocycles. The normalized spacial score (nSPS) is 11.5. The molecule has 0 N–H and O–H groups in total. The third kappa shape index (κ3) is 6.12. The second-order valence-corrected chi connectivity index (χ2v) is 7.49. The lowest BCUT2D eigenvalue weighted by Crippen LogP contribution is -2.34. The van der Waals surface area contributed by atoms with Gasteiger partial charge in [0, 0.05) is 42.7 Å². The van der Waals surface area contributed by atoms with Crippen molar-refractivity contribution in [3.05, 3.63) is 94.3 Å². The number of carbonyl (C=O) groups is 1. The van der Waals surface area contributed by atoms with Gasteiger partial charge in [0.05, 0.1) is 18.7 Å². The van der Waals surface area contributed by atoms with Crippen LogP contribution >= 0.6 is 11.6 Å². The Hall–Kier alpha value is -2.77. The smallest absolute Gasteiger partial charge is 0.383 e. The molecule has 0 spiro atoms. The highest BCUT2D eigenvalue weighted by Crippen LogP contribution is 2.29. The van der Waals surface area contributed by atoms with Crippen LogP contribution in [-0.4, -0.2) is 35.6 Å². The van der Waals surface area contributed by atoms with Gasteiger partial charge in [0.1, 0.15) is 0 Å². The summed E-state index contributed by atoms with van der Waals surface area (Å²) in [5.74, 6) is -0.180. The molecular weight excluding hydrogens is 429 g/mol. The van der Waals surface area contributed by atoms with Crippen molar-refractivity contribution < 1.29 is 22.7 Å². The monoisotopic (exact) mass is 450 g/mol. The molecule has 0 aliphatic carbocycles. The van der Waals surface area contributed by atoms with E-state index in [1.807, 2.05) is 16.7 Å². The number of benzene rings is 2. The van der Waals surface area contributed by atoms with Crippen molar-refractivity contribution in [1.29, 1.82) is 0 Å². The largest absolute Gasteiger partial charge is 0.416 e. The van der Waals surface area contributed by atoms with Crippen LogP contribution in [-0.2, 0) is 24.0 Å². The van der Waals surface area contributed by atoms with E-state index in [4.69, 9.17) is 16.3 Å². The molecule has 0 atom stereocenters. The molecular formula is C23H22ClF3N2O2. The number of methoxy groups -OCH3 is 1. The summed E-state index contributed by atoms with van der Waals surface area (Å²) in [6, 6.07) is 15.5. The molecule has 1 heterocycles. The van der Waals surface area contributed by atoms with E-state index in [1.54, 1.807) is 48.5 Å². The number of hydrogen-bond acceptors (Lipinski definition) is 2. The first-order valence-corrected chi connectivity index (χ1v) is 9.99. The van der Waals surface area contributed by atoms with Crippen LogP contribution in [0.5, 0.6) is 0 Å². The van der Waals surface area contributed by atoms with E-state index in [2.05, 4.69) is 0 Å². The Labute approximate surface area is 183 Å². The molecule has 3 rings (SSSR count). The van der Waals surface area contributed by atoms with E-state index in [0.717, 1.165) is 17.8 Å². The number of halogens is 4. The van der Waals surface area contributed by atoms with E-state index in [1.165, 1.54) is 6.07 Å². The minimum atomic E-state index is -4.39. The van der Waals surface area contributed by atoms with Gasteiger partial charge in [-0.1, -0.05) is 23.7 Å². The Bertz CT molecular complexity index is 1020. The summed E-state index contributed by atoms with van der Waals surface area (Å²) < 4.78 is 46.0. The topological polar surface area (TPSA) is 34.5 Å². The molecule has 2 aromatic carbocycles. The third-order valence-electron chi connectivity index (χ3n) is 4.83. The van der Waals surface area contributed by atoms with Gasteiger partial charge in [-0.3, -0.25) is 4.79 Å². The van der Waals surface area contributed by atoms with Crippen molar-refractivity contribution in [1.82, 2.24) is 9.47 Å². The lowest BCUT2D eigenvalue weighted by Gasteiger charge is -2.23. The van der Waals surface area contributed by atoms with Crippen molar-refractivity contribution in [3.63, 3.8) is 0 Å². The first-order chi connectivity index (χ1) is 14.8. The standard InChI is InChI=1S/C23H22ClF3N2O2/c1-31-13-12-29(22(30)18-7-9-20(24)10-8-18)16-21-6-3-11-28(21)15-17-4-2-5-19(14-17)23(25,26)27/h2-11,14H,12-13,15-16H2,1H3. The van der Waals surface area contributed by atoms with Gasteiger partial charge in [-0.15, -0.1) is 0 Å². The summed E-state index contributed by atoms with van der Waals surface area (Å²) in [6.45, 7) is 1.27. The number of ether oxygens (including phenoxy) is 1. The van der Waals surface area contributed by atoms with Gasteiger partial charge < -0.3 is 14.2 Å². The first kappa shape index (κ1) is 22.9. The quantitative estimate of drug-likeness (QED) is 0.454. The second kappa shape index (κ2) is 10.0. The summed E-state index contributed by atoms with van der Waals surface area (Å²) >= 11 is 5.91. The van der Waals surface area contributed by atoms with Crippen LogP contribution in [0.4, 0.5) is 13.2 Å². The zero-order valence-electron chi connectivity index (χ0n) is 16.9. The van der Waals surface area contributed by atoms with E-state index in [0.29, 0.717) is 29.3 Å². The SMILES string of the molecule is COCCN(Cc1cccn1Cc1cccc(C(F)(F)F)c1)C(=O)c1ccc(Cl)cc1. The number of amides is 1. The van der Waals surface area contributed by atoms with Crippen molar-refractivity contribution in [2.75, 3.05) is 20.3 Å². The van der Waals surface area contributed by atoms with Crippen molar-refractivity contribution in [3.8, 4) is 0 Å². The Morgan fingerprint density at radius 2 is 1.84 bits per heavy atom. The number of alkyl halides is 3. The van der Waals surface area contributed by atoms with Crippen LogP contribution < -0.4 is 0 Å². The molecule has 1 amide bonds. The van der Waals surface area contributed by atoms with Gasteiger partial charge in [0.15, 0.2) is 0 Å². The second-order valence-electron chi connectivity index (χ2n) is 7.05. The highest BCUT2D eigenvalue weighted by Gasteiger charge is 2.30. The molecule has 3 aromatic rings. The van der Waals surface area contributed by atoms with Gasteiger partial charge in [0.25, 0.3) is 5.91 Å². The molecule has 1 aromatic heterocycles. The zero-order chi connectivity index (χ0) is 22.4. The molecule has 0 fully saturated rings. The fourth-order valence-electron chi connectivity index (χ4n) is 3.21. The summed E-state index contributed by atoms with van der Waals surface area (Å²) in [6.07, 6.45) is -2.60. The predicted molar refractivity (Wildman–Crippen MR) is 113 cm³/mol. The Morgan fingerprint density at radius 3 is 2.52 bits per heavy atom. The molecule has 0 unspecified atom stereocenters. The van der Waals surface area contributed by atoms with Crippen molar-refractivity contribution in [2.45, 2.75) is 19.3 Å². The first-order valence-electron chi connectivity index (χ1n) is 9.62. The Balaban J connectivity index is 1.80. The lowest BCUT2D eigenvalue weighted by molar-refractivity contribution is -0.137. The summed E-state index contributed by atoms with van der Waals surface area (Å²) in [5.41, 5.74) is 1.14. The van der Waals surface area contributed by atoms with Crippen LogP contribution in [0.2, 0.25) is 5.02 Å². The molecule has 0 radical (unpaired) electrons. The molecule has 8 heteroatoms. The van der Waals surface area contributed by atoms with Crippen molar-refractivity contribution in [2.24, 2.45) is 0 Å². The fourth-order valence-corrected chi connectivity index (χ4v) is 3.34. The minimum absolute atomic E-state index is 0.180. The third-order valence-corrected chi connectivity index (χ3v) is 5.08. The molecule has 31 heavy (non-hydrogen) atoms. The van der Waals surface area contributed by atoms with E-state index >= 15 is 0 Å². The molecule has 0 bridgehead atoms. The van der Waals surface area contributed by atoms with Crippen LogP contribution in [0.3, 0.4) is 0 Å². The predicted octanol–water partition coefficient (Wildman–Crippen LogP) is 5.50. The minimum Gasteiger partial charge on any atom is -0.383 e. The summed E-state index contributed by atoms with van der Waals surface area (Å²) in [5, 5.41) is 0.537. The maximum absolute atomic E-state index is 13.0. The number of hydrogen-bond donors (Lipinski definition) is 0. The number of carbonyl (C=O) groups excluding carboxylic acids is 1. The van der Waals surface area contributed by atoms with E-state index in [-0.39, 0.29) is 19.0 Å². The van der Waals surface area contributed by atoms with Gasteiger partial charge in [-0.25, -0.2) is 0 Å². The van der Waals surface area contributed by atoms with E-state index < -0.39 is 11.7 Å². The maximum atomic E-state index is 13.0. The molecule has 0 aliphatic rings. The van der Waals surface area contributed by atoms with Crippen LogP contribution in [0.25, 0.3) is 0 Å². The average Bonchev–Trinajstić information content (AvgIpc) is 3.17. The van der Waals surface area contributed by atoms with Crippen LogP contribution in [0.1, 0.15) is 27.2 Å². The Morgan fingerprint density at radius 1 is 1.10 bits per heavy atom. The summed E-state index contributed by atoms with van der Waals surface area (Å²) in [7, 11) is 1.56. The lowest BCUT2D eigenvalue weighted by atomic mass is 10.1. The summed E-state index contributed by atoms with van der Waals surface area (Å²) in [4.78, 5) is 14.6. The van der Waals surface area contributed by atoms with Gasteiger partial charge in [-0.05, 0) is 54.1 Å². The number of rotatable bonds is 8. The maximum Gasteiger partial charge on any atom is 0.416 e. The number of nitrogens with zero attached hydrogens (tertiary/aromatic N) is 2. The average molecular weight is 451 g/mol. The highest BCUT2D eigenvalue weighted by atomic mass is 35.5. The van der Waals surface area contributed by atoms with E-state index in [9.17, 15) is 18.0 Å². The van der Waals surface area contributed by atoms with Gasteiger partial charge in [0.2, 0.25) is 0 Å². The Kier molecular flexibility index (Phi) is 7.41. The molecule has 164 valence electrons. The fraction of sp³-hybridized carbons (Fsp3) is 0.261. The highest BCUT2D eigenvalue weighted by molar-refractivity contribution is 6.30. The van der Waals surface area contributed by atoms with Crippen LogP contribution in [0.15, 0.2) is 66.9 Å². The number of aromatic nitrogens is 1.